The van der Waals surface area contributed by atoms with Gasteiger partial charge in [0.05, 0.1) is 53.5 Å². The molecule has 0 aliphatic carbocycles. The van der Waals surface area contributed by atoms with Crippen molar-refractivity contribution in [3.8, 4) is 31.6 Å². The first-order chi connectivity index (χ1) is 19.1. The van der Waals surface area contributed by atoms with E-state index in [0.717, 1.165) is 19.5 Å². The summed E-state index contributed by atoms with van der Waals surface area (Å²) in [5.41, 5.74) is 0.201. The lowest BCUT2D eigenvalue weighted by Crippen LogP contribution is -1.65. The van der Waals surface area contributed by atoms with Crippen molar-refractivity contribution in [3.05, 3.63) is 80.4 Å². The van der Waals surface area contributed by atoms with Crippen molar-refractivity contribution in [2.75, 3.05) is 0 Å². The van der Waals surface area contributed by atoms with E-state index in [2.05, 4.69) is 34.0 Å². The Morgan fingerprint density at radius 3 is 1.41 bits per heavy atom. The molecule has 0 aliphatic rings. The van der Waals surface area contributed by atoms with Gasteiger partial charge in [-0.25, -0.2) is 20.2 Å². The molecule has 7 aromatic rings. The highest BCUT2D eigenvalue weighted by molar-refractivity contribution is 7.48. The van der Waals surface area contributed by atoms with Crippen molar-refractivity contribution in [2.24, 2.45) is 0 Å². The molecule has 4 nitrogen and oxygen atoms in total. The molecule has 7 aromatic heterocycles. The summed E-state index contributed by atoms with van der Waals surface area (Å²) in [6.45, 7) is 14.2. The second-order valence-corrected chi connectivity index (χ2v) is 15.6. The third-order valence-corrected chi connectivity index (χ3v) is 15.0. The first-order valence-corrected chi connectivity index (χ1v) is 16.8. The molecule has 0 radical (unpaired) electrons. The van der Waals surface area contributed by atoms with Gasteiger partial charge in [-0.1, -0.05) is 0 Å². The van der Waals surface area contributed by atoms with Crippen molar-refractivity contribution < 1.29 is 0 Å². The van der Waals surface area contributed by atoms with E-state index in [1.54, 1.807) is 34.8 Å². The third kappa shape index (κ3) is 4.05. The van der Waals surface area contributed by atoms with Crippen molar-refractivity contribution in [2.45, 2.75) is 0 Å². The standard InChI is InChI=1S/C28H8N4S7/c1-31-13(11-29)7-15-3-5-17(33-15)19-9-21-23(35-19)25-27(37-21)28-26(39-25)24-22(38-28)10-20(36-24)18-6-4-16(34-18)8-14(12-30)32-2/h3-10H/b13-7-,14-8+. The zero-order valence-electron chi connectivity index (χ0n) is 19.3. The van der Waals surface area contributed by atoms with Crippen LogP contribution < -0.4 is 0 Å². The van der Waals surface area contributed by atoms with Gasteiger partial charge in [-0.3, -0.25) is 0 Å². The monoisotopic (exact) mass is 624 g/mol. The van der Waals surface area contributed by atoms with Gasteiger partial charge in [-0.05, 0) is 48.6 Å². The summed E-state index contributed by atoms with van der Waals surface area (Å²) < 4.78 is 10.7. The van der Waals surface area contributed by atoms with Crippen LogP contribution >= 0.6 is 79.4 Å². The molecule has 0 amide bonds. The van der Waals surface area contributed by atoms with Crippen LogP contribution in [0, 0.1) is 35.8 Å². The van der Waals surface area contributed by atoms with Gasteiger partial charge in [0.25, 0.3) is 11.4 Å². The average molecular weight is 625 g/mol. The van der Waals surface area contributed by atoms with E-state index >= 15 is 0 Å². The number of fused-ring (bicyclic) bond motifs is 7. The van der Waals surface area contributed by atoms with E-state index in [-0.39, 0.29) is 11.4 Å². The molecule has 0 aromatic carbocycles. The molecule has 39 heavy (non-hydrogen) atoms. The quantitative estimate of drug-likeness (QED) is 0.144. The Hall–Kier alpha value is -3.62. The molecule has 0 atom stereocenters. The van der Waals surface area contributed by atoms with Gasteiger partial charge >= 0.3 is 0 Å². The summed E-state index contributed by atoms with van der Waals surface area (Å²) in [4.78, 5) is 13.1. The molecule has 0 saturated carbocycles. The Morgan fingerprint density at radius 1 is 0.564 bits per heavy atom. The second-order valence-electron chi connectivity index (χ2n) is 8.14. The lowest BCUT2D eigenvalue weighted by Gasteiger charge is -1.89. The second kappa shape index (κ2) is 9.54. The van der Waals surface area contributed by atoms with Crippen LogP contribution in [0.4, 0.5) is 0 Å². The highest BCUT2D eigenvalue weighted by Gasteiger charge is 2.21. The van der Waals surface area contributed by atoms with Crippen LogP contribution in [0.15, 0.2) is 47.8 Å². The maximum atomic E-state index is 9.05. The predicted molar refractivity (Wildman–Crippen MR) is 173 cm³/mol. The van der Waals surface area contributed by atoms with E-state index < -0.39 is 0 Å². The maximum Gasteiger partial charge on any atom is 0.263 e. The molecule has 7 rings (SSSR count). The number of hydrogen-bond donors (Lipinski definition) is 0. The maximum absolute atomic E-state index is 9.05. The van der Waals surface area contributed by atoms with Crippen LogP contribution in [0.25, 0.3) is 79.0 Å². The summed E-state index contributed by atoms with van der Waals surface area (Å²) in [6.07, 6.45) is 3.29. The van der Waals surface area contributed by atoms with E-state index in [4.69, 9.17) is 23.7 Å². The smallest absolute Gasteiger partial charge is 0.227 e. The van der Waals surface area contributed by atoms with Gasteiger partial charge in [0, 0.05) is 38.7 Å². The third-order valence-electron chi connectivity index (χ3n) is 5.82. The molecular formula is C28H8N4S7. The topological polar surface area (TPSA) is 56.3 Å². The lowest BCUT2D eigenvalue weighted by atomic mass is 10.3. The first kappa shape index (κ1) is 24.4. The summed E-state index contributed by atoms with van der Waals surface area (Å²) in [5, 5.41) is 18.1. The largest absolute Gasteiger partial charge is 0.263 e. The van der Waals surface area contributed by atoms with Gasteiger partial charge < -0.3 is 0 Å². The average Bonchev–Trinajstić information content (AvgIpc) is 3.76. The van der Waals surface area contributed by atoms with Gasteiger partial charge in [0.15, 0.2) is 0 Å². The fraction of sp³-hybridized carbons (Fsp3) is 0. The highest BCUT2D eigenvalue weighted by Crippen LogP contribution is 2.55. The number of nitrogens with zero attached hydrogens (tertiary/aromatic N) is 4. The molecule has 182 valence electrons. The zero-order valence-corrected chi connectivity index (χ0v) is 25.0. The molecule has 0 bridgehead atoms. The summed E-state index contributed by atoms with van der Waals surface area (Å²) in [5.74, 6) is 0. The summed E-state index contributed by atoms with van der Waals surface area (Å²) in [6, 6.07) is 16.5. The normalized spacial score (nSPS) is 12.3. The molecule has 11 heteroatoms. The highest BCUT2D eigenvalue weighted by atomic mass is 32.1. The molecule has 0 spiro atoms. The first-order valence-electron chi connectivity index (χ1n) is 11.1. The zero-order chi connectivity index (χ0) is 26.7. The number of rotatable bonds is 4. The lowest BCUT2D eigenvalue weighted by molar-refractivity contribution is 1.51. The molecule has 0 fully saturated rings. The van der Waals surface area contributed by atoms with E-state index in [1.165, 1.54) is 47.4 Å². The fourth-order valence-electron chi connectivity index (χ4n) is 4.14. The van der Waals surface area contributed by atoms with Crippen LogP contribution in [-0.2, 0) is 0 Å². The minimum atomic E-state index is 0.101. The van der Waals surface area contributed by atoms with Gasteiger partial charge in [-0.15, -0.1) is 79.4 Å². The van der Waals surface area contributed by atoms with Crippen molar-refractivity contribution in [1.82, 2.24) is 0 Å². The molecular weight excluding hydrogens is 617 g/mol. The number of allylic oxidation sites excluding steroid dienone is 2. The van der Waals surface area contributed by atoms with Gasteiger partial charge in [-0.2, -0.15) is 0 Å². The molecule has 0 saturated heterocycles. The molecule has 0 unspecified atom stereocenters. The Morgan fingerprint density at radius 2 is 1.00 bits per heavy atom. The molecule has 7 heterocycles. The number of hydrogen-bond acceptors (Lipinski definition) is 9. The molecule has 0 aliphatic heterocycles. The predicted octanol–water partition coefficient (Wildman–Crippen LogP) is 11.6. The number of nitriles is 2. The van der Waals surface area contributed by atoms with E-state index in [9.17, 15) is 0 Å². The van der Waals surface area contributed by atoms with Crippen LogP contribution in [0.1, 0.15) is 9.75 Å². The fourth-order valence-corrected chi connectivity index (χ4v) is 13.4. The van der Waals surface area contributed by atoms with Crippen LogP contribution in [0.3, 0.4) is 0 Å². The van der Waals surface area contributed by atoms with Crippen molar-refractivity contribution in [3.63, 3.8) is 0 Å². The van der Waals surface area contributed by atoms with Crippen LogP contribution in [0.5, 0.6) is 0 Å². The van der Waals surface area contributed by atoms with Crippen molar-refractivity contribution >= 4 is 129 Å². The van der Waals surface area contributed by atoms with Gasteiger partial charge in [0.2, 0.25) is 0 Å². The van der Waals surface area contributed by atoms with Crippen LogP contribution in [-0.4, -0.2) is 0 Å². The van der Waals surface area contributed by atoms with Gasteiger partial charge in [0.1, 0.15) is 0 Å². The molecule has 0 N–H and O–H groups in total. The minimum absolute atomic E-state index is 0.101. The Kier molecular flexibility index (Phi) is 5.97. The van der Waals surface area contributed by atoms with E-state index in [1.807, 2.05) is 81.0 Å². The Balaban J connectivity index is 1.26. The van der Waals surface area contributed by atoms with Crippen LogP contribution in [0.2, 0.25) is 0 Å². The van der Waals surface area contributed by atoms with E-state index in [0.29, 0.717) is 0 Å². The summed E-state index contributed by atoms with van der Waals surface area (Å²) in [7, 11) is 0. The van der Waals surface area contributed by atoms with Crippen molar-refractivity contribution in [1.29, 1.82) is 10.5 Å². The number of thiophene rings is 7. The minimum Gasteiger partial charge on any atom is -0.227 e. The Labute approximate surface area is 249 Å². The Bertz CT molecular complexity index is 2150. The SMILES string of the molecule is [C-]#[N+]/C(C#N)=C\c1ccc(-c2cc3sc4c(sc5c6sc(-c7ccc(/C=C(\C#N)[N+]#[C-])s7)cc6sc54)c3s2)s1. The summed E-state index contributed by atoms with van der Waals surface area (Å²) >= 11 is 12.4.